The monoisotopic (exact) mass is 381 g/mol. The van der Waals surface area contributed by atoms with Gasteiger partial charge in [-0.25, -0.2) is 15.0 Å². The van der Waals surface area contributed by atoms with Crippen LogP contribution >= 0.6 is 11.3 Å². The largest absolute Gasteiger partial charge is 0.353 e. The second-order valence-electron chi connectivity index (χ2n) is 6.81. The summed E-state index contributed by atoms with van der Waals surface area (Å²) in [6.07, 6.45) is 1.65. The van der Waals surface area contributed by atoms with E-state index in [1.165, 1.54) is 0 Å². The van der Waals surface area contributed by atoms with E-state index in [9.17, 15) is 0 Å². The van der Waals surface area contributed by atoms with Gasteiger partial charge in [0.05, 0.1) is 15.6 Å². The molecule has 1 aliphatic heterocycles. The molecule has 140 valence electrons. The average molecular weight is 382 g/mol. The molecule has 1 aliphatic rings. The van der Waals surface area contributed by atoms with Gasteiger partial charge in [-0.2, -0.15) is 0 Å². The smallest absolute Gasteiger partial charge is 0.151 e. The fourth-order valence-corrected chi connectivity index (χ4v) is 4.26. The Morgan fingerprint density at radius 2 is 1.59 bits per heavy atom. The Bertz CT molecular complexity index is 943. The molecule has 0 radical (unpaired) electrons. The van der Waals surface area contributed by atoms with E-state index in [1.807, 2.05) is 26.8 Å². The van der Waals surface area contributed by atoms with Crippen LogP contribution < -0.4 is 9.80 Å². The van der Waals surface area contributed by atoms with E-state index >= 15 is 0 Å². The second kappa shape index (κ2) is 7.19. The van der Waals surface area contributed by atoms with Crippen LogP contribution in [0.1, 0.15) is 22.0 Å². The van der Waals surface area contributed by atoms with Gasteiger partial charge in [0.1, 0.15) is 17.8 Å². The Kier molecular flexibility index (Phi) is 4.73. The Morgan fingerprint density at radius 1 is 0.852 bits per heavy atom. The standard InChI is InChI=1S/C19H23N7S/c1-12-13(2)20-11-21-19(12)26-9-7-25(8-10-26)17-6-5-16(23-24-17)18-14(3)22-15(4)27-18/h5-6,11H,7-10H2,1-4H3. The zero-order valence-corrected chi connectivity index (χ0v) is 16.9. The van der Waals surface area contributed by atoms with Gasteiger partial charge < -0.3 is 9.80 Å². The van der Waals surface area contributed by atoms with E-state index in [0.29, 0.717) is 0 Å². The minimum absolute atomic E-state index is 0.896. The molecule has 0 atom stereocenters. The summed E-state index contributed by atoms with van der Waals surface area (Å²) in [4.78, 5) is 18.9. The van der Waals surface area contributed by atoms with Crippen LogP contribution in [0.4, 0.5) is 11.6 Å². The van der Waals surface area contributed by atoms with Crippen molar-refractivity contribution in [3.63, 3.8) is 0 Å². The van der Waals surface area contributed by atoms with Crippen molar-refractivity contribution >= 4 is 23.0 Å². The molecular weight excluding hydrogens is 358 g/mol. The van der Waals surface area contributed by atoms with Crippen LogP contribution in [0.2, 0.25) is 0 Å². The van der Waals surface area contributed by atoms with Crippen LogP contribution in [0.3, 0.4) is 0 Å². The van der Waals surface area contributed by atoms with E-state index < -0.39 is 0 Å². The molecule has 4 rings (SSSR count). The van der Waals surface area contributed by atoms with Gasteiger partial charge in [-0.05, 0) is 39.8 Å². The van der Waals surface area contributed by atoms with Crippen LogP contribution in [0.25, 0.3) is 10.6 Å². The fourth-order valence-electron chi connectivity index (χ4n) is 3.38. The Hall–Kier alpha value is -2.61. The number of hydrogen-bond acceptors (Lipinski definition) is 8. The highest BCUT2D eigenvalue weighted by atomic mass is 32.1. The maximum atomic E-state index is 4.48. The van der Waals surface area contributed by atoms with Gasteiger partial charge in [0, 0.05) is 37.4 Å². The second-order valence-corrected chi connectivity index (χ2v) is 8.01. The molecule has 7 nitrogen and oxygen atoms in total. The van der Waals surface area contributed by atoms with Crippen molar-refractivity contribution in [1.29, 1.82) is 0 Å². The SMILES string of the molecule is Cc1nc(C)c(-c2ccc(N3CCN(c4ncnc(C)c4C)CC3)nn2)s1. The summed E-state index contributed by atoms with van der Waals surface area (Å²) in [6, 6.07) is 4.11. The average Bonchev–Trinajstić information content (AvgIpc) is 3.02. The number of rotatable bonds is 3. The van der Waals surface area contributed by atoms with E-state index in [1.54, 1.807) is 17.7 Å². The van der Waals surface area contributed by atoms with Crippen LogP contribution in [0.15, 0.2) is 18.5 Å². The summed E-state index contributed by atoms with van der Waals surface area (Å²) in [7, 11) is 0. The lowest BCUT2D eigenvalue weighted by molar-refractivity contribution is 0.635. The fraction of sp³-hybridized carbons (Fsp3) is 0.421. The molecule has 1 saturated heterocycles. The quantitative estimate of drug-likeness (QED) is 0.691. The Morgan fingerprint density at radius 3 is 2.22 bits per heavy atom. The minimum Gasteiger partial charge on any atom is -0.353 e. The molecular formula is C19H23N7S. The number of anilines is 2. The molecule has 0 N–H and O–H groups in total. The summed E-state index contributed by atoms with van der Waals surface area (Å²) >= 11 is 1.66. The highest BCUT2D eigenvalue weighted by molar-refractivity contribution is 7.15. The molecule has 3 aromatic heterocycles. The molecule has 0 aromatic carbocycles. The summed E-state index contributed by atoms with van der Waals surface area (Å²) in [5, 5.41) is 9.97. The molecule has 0 unspecified atom stereocenters. The molecule has 8 heteroatoms. The van der Waals surface area contributed by atoms with Crippen molar-refractivity contribution in [3.05, 3.63) is 40.4 Å². The van der Waals surface area contributed by atoms with Crippen LogP contribution in [-0.2, 0) is 0 Å². The number of aromatic nitrogens is 5. The highest BCUT2D eigenvalue weighted by Gasteiger charge is 2.21. The highest BCUT2D eigenvalue weighted by Crippen LogP contribution is 2.28. The van der Waals surface area contributed by atoms with Crippen LogP contribution in [-0.4, -0.2) is 51.3 Å². The molecule has 0 bridgehead atoms. The van der Waals surface area contributed by atoms with E-state index in [2.05, 4.69) is 47.9 Å². The topological polar surface area (TPSA) is 70.9 Å². The first-order valence-electron chi connectivity index (χ1n) is 9.09. The number of nitrogens with zero attached hydrogens (tertiary/aromatic N) is 7. The zero-order valence-electron chi connectivity index (χ0n) is 16.1. The van der Waals surface area contributed by atoms with Crippen molar-refractivity contribution in [2.24, 2.45) is 0 Å². The first-order chi connectivity index (χ1) is 13.0. The third kappa shape index (κ3) is 3.49. The van der Waals surface area contributed by atoms with Gasteiger partial charge in [0.2, 0.25) is 0 Å². The predicted molar refractivity (Wildman–Crippen MR) is 109 cm³/mol. The third-order valence-corrected chi connectivity index (χ3v) is 6.09. The van der Waals surface area contributed by atoms with Gasteiger partial charge in [-0.15, -0.1) is 21.5 Å². The van der Waals surface area contributed by atoms with Crippen molar-refractivity contribution in [1.82, 2.24) is 25.1 Å². The van der Waals surface area contributed by atoms with Crippen LogP contribution in [0, 0.1) is 27.7 Å². The first kappa shape index (κ1) is 17.8. The molecule has 0 saturated carbocycles. The predicted octanol–water partition coefficient (Wildman–Crippen LogP) is 2.95. The molecule has 0 spiro atoms. The lowest BCUT2D eigenvalue weighted by Gasteiger charge is -2.36. The number of hydrogen-bond donors (Lipinski definition) is 0. The zero-order chi connectivity index (χ0) is 19.0. The van der Waals surface area contributed by atoms with Crippen molar-refractivity contribution in [2.75, 3.05) is 36.0 Å². The van der Waals surface area contributed by atoms with E-state index in [0.717, 1.165) is 70.3 Å². The maximum Gasteiger partial charge on any atom is 0.151 e. The number of thiazole rings is 1. The number of aryl methyl sites for hydroxylation is 3. The van der Waals surface area contributed by atoms with E-state index in [-0.39, 0.29) is 0 Å². The number of piperazine rings is 1. The van der Waals surface area contributed by atoms with Crippen LogP contribution in [0.5, 0.6) is 0 Å². The van der Waals surface area contributed by atoms with Crippen molar-refractivity contribution < 1.29 is 0 Å². The molecule has 0 amide bonds. The Labute approximate surface area is 163 Å². The van der Waals surface area contributed by atoms with Gasteiger partial charge in [0.15, 0.2) is 5.82 Å². The molecule has 3 aromatic rings. The summed E-state index contributed by atoms with van der Waals surface area (Å²) in [5.41, 5.74) is 4.11. The molecule has 0 aliphatic carbocycles. The molecule has 1 fully saturated rings. The maximum absolute atomic E-state index is 4.48. The van der Waals surface area contributed by atoms with Crippen molar-refractivity contribution in [2.45, 2.75) is 27.7 Å². The van der Waals surface area contributed by atoms with E-state index in [4.69, 9.17) is 0 Å². The first-order valence-corrected chi connectivity index (χ1v) is 9.91. The van der Waals surface area contributed by atoms with Gasteiger partial charge in [0.25, 0.3) is 0 Å². The normalized spacial score (nSPS) is 14.7. The minimum atomic E-state index is 0.896. The lowest BCUT2D eigenvalue weighted by atomic mass is 10.2. The van der Waals surface area contributed by atoms with Gasteiger partial charge >= 0.3 is 0 Å². The molecule has 27 heavy (non-hydrogen) atoms. The summed E-state index contributed by atoms with van der Waals surface area (Å²) < 4.78 is 0. The molecule has 4 heterocycles. The Balaban J connectivity index is 1.45. The lowest BCUT2D eigenvalue weighted by Crippen LogP contribution is -2.47. The summed E-state index contributed by atoms with van der Waals surface area (Å²) in [6.45, 7) is 11.8. The summed E-state index contributed by atoms with van der Waals surface area (Å²) in [5.74, 6) is 1.97. The van der Waals surface area contributed by atoms with Gasteiger partial charge in [-0.1, -0.05) is 0 Å². The van der Waals surface area contributed by atoms with Crippen molar-refractivity contribution in [3.8, 4) is 10.6 Å². The third-order valence-electron chi connectivity index (χ3n) is 5.00. The van der Waals surface area contributed by atoms with Gasteiger partial charge in [-0.3, -0.25) is 0 Å².